The minimum Gasteiger partial charge on any atom is -0.493 e. The number of nitrogens with zero attached hydrogens (tertiary/aromatic N) is 1. The number of amides is 1. The molecule has 4 rings (SSSR count). The van der Waals surface area contributed by atoms with Crippen molar-refractivity contribution in [2.24, 2.45) is 5.92 Å². The highest BCUT2D eigenvalue weighted by molar-refractivity contribution is 5.93. The molecule has 0 aliphatic carbocycles. The minimum absolute atomic E-state index is 0.0261. The Morgan fingerprint density at radius 2 is 1.83 bits per heavy atom. The molecule has 1 aliphatic heterocycles. The molecule has 3 aromatic rings. The Morgan fingerprint density at radius 3 is 2.67 bits per heavy atom. The number of rotatable bonds is 6. The number of nitrogens with one attached hydrogen (secondary N) is 1. The molecule has 0 aromatic heterocycles. The standard InChI is InChI=1S/C25H28N2O3/c1-29-23-13-12-21(15-24(23)30-2)26-25(28)20-10-6-14-27(17-20)16-19-9-5-8-18-7-3-4-11-22(18)19/h3-5,7-9,11-13,15,20H,6,10,14,16-17H2,1-2H3,(H,26,28). The van der Waals surface area contributed by atoms with Gasteiger partial charge in [0.2, 0.25) is 5.91 Å². The first kappa shape index (κ1) is 20.2. The van der Waals surface area contributed by atoms with Crippen LogP contribution < -0.4 is 14.8 Å². The average molecular weight is 405 g/mol. The summed E-state index contributed by atoms with van der Waals surface area (Å²) in [6, 6.07) is 20.4. The molecule has 1 N–H and O–H groups in total. The smallest absolute Gasteiger partial charge is 0.228 e. The molecular formula is C25H28N2O3. The molecule has 1 fully saturated rings. The molecule has 0 radical (unpaired) electrons. The molecule has 156 valence electrons. The molecule has 5 heteroatoms. The molecule has 1 amide bonds. The Bertz CT molecular complexity index is 1030. The molecule has 0 spiro atoms. The van der Waals surface area contributed by atoms with Crippen LogP contribution in [-0.2, 0) is 11.3 Å². The zero-order valence-corrected chi connectivity index (χ0v) is 17.6. The van der Waals surface area contributed by atoms with Gasteiger partial charge >= 0.3 is 0 Å². The number of benzene rings is 3. The van der Waals surface area contributed by atoms with Crippen LogP contribution in [-0.4, -0.2) is 38.1 Å². The third-order valence-corrected chi connectivity index (χ3v) is 5.80. The van der Waals surface area contributed by atoms with E-state index in [4.69, 9.17) is 9.47 Å². The highest BCUT2D eigenvalue weighted by Gasteiger charge is 2.26. The van der Waals surface area contributed by atoms with Crippen LogP contribution in [0.3, 0.4) is 0 Å². The fraction of sp³-hybridized carbons (Fsp3) is 0.320. The largest absolute Gasteiger partial charge is 0.493 e. The maximum absolute atomic E-state index is 12.9. The number of likely N-dealkylation sites (tertiary alicyclic amines) is 1. The summed E-state index contributed by atoms with van der Waals surface area (Å²) in [5.41, 5.74) is 2.04. The zero-order chi connectivity index (χ0) is 20.9. The van der Waals surface area contributed by atoms with Crippen molar-refractivity contribution in [2.45, 2.75) is 19.4 Å². The van der Waals surface area contributed by atoms with Crippen molar-refractivity contribution < 1.29 is 14.3 Å². The number of methoxy groups -OCH3 is 2. The lowest BCUT2D eigenvalue weighted by Crippen LogP contribution is -2.40. The predicted octanol–water partition coefficient (Wildman–Crippen LogP) is 4.71. The van der Waals surface area contributed by atoms with Crippen LogP contribution >= 0.6 is 0 Å². The molecule has 1 unspecified atom stereocenters. The molecule has 1 atom stereocenters. The molecule has 30 heavy (non-hydrogen) atoms. The Kier molecular flexibility index (Phi) is 6.19. The molecule has 5 nitrogen and oxygen atoms in total. The summed E-state index contributed by atoms with van der Waals surface area (Å²) in [4.78, 5) is 15.3. The fourth-order valence-corrected chi connectivity index (χ4v) is 4.24. The van der Waals surface area contributed by atoms with E-state index >= 15 is 0 Å². The third kappa shape index (κ3) is 4.41. The summed E-state index contributed by atoms with van der Waals surface area (Å²) in [6.45, 7) is 2.65. The molecule has 0 bridgehead atoms. The molecule has 3 aromatic carbocycles. The maximum atomic E-state index is 12.9. The third-order valence-electron chi connectivity index (χ3n) is 5.80. The van der Waals surface area contributed by atoms with Crippen LogP contribution in [0.1, 0.15) is 18.4 Å². The quantitative estimate of drug-likeness (QED) is 0.647. The van der Waals surface area contributed by atoms with E-state index in [0.29, 0.717) is 11.5 Å². The van der Waals surface area contributed by atoms with Gasteiger partial charge in [-0.25, -0.2) is 0 Å². The van der Waals surface area contributed by atoms with E-state index < -0.39 is 0 Å². The number of piperidine rings is 1. The van der Waals surface area contributed by atoms with Crippen LogP contribution in [0.25, 0.3) is 10.8 Å². The van der Waals surface area contributed by atoms with E-state index in [1.54, 1.807) is 20.3 Å². The highest BCUT2D eigenvalue weighted by Crippen LogP contribution is 2.30. The topological polar surface area (TPSA) is 50.8 Å². The number of fused-ring (bicyclic) bond motifs is 1. The monoisotopic (exact) mass is 404 g/mol. The number of hydrogen-bond acceptors (Lipinski definition) is 4. The van der Waals surface area contributed by atoms with Gasteiger partial charge in [0, 0.05) is 24.8 Å². The van der Waals surface area contributed by atoms with E-state index in [1.165, 1.54) is 16.3 Å². The van der Waals surface area contributed by atoms with E-state index in [0.717, 1.165) is 38.2 Å². The Balaban J connectivity index is 1.43. The van der Waals surface area contributed by atoms with Crippen molar-refractivity contribution in [3.05, 3.63) is 66.2 Å². The van der Waals surface area contributed by atoms with Gasteiger partial charge in [-0.1, -0.05) is 42.5 Å². The lowest BCUT2D eigenvalue weighted by atomic mass is 9.96. The SMILES string of the molecule is COc1ccc(NC(=O)C2CCCN(Cc3cccc4ccccc34)C2)cc1OC. The van der Waals surface area contributed by atoms with E-state index in [1.807, 2.05) is 12.1 Å². The summed E-state index contributed by atoms with van der Waals surface area (Å²) < 4.78 is 10.6. The molecule has 1 saturated heterocycles. The fourth-order valence-electron chi connectivity index (χ4n) is 4.24. The number of carbonyl (C=O) groups excluding carboxylic acids is 1. The zero-order valence-electron chi connectivity index (χ0n) is 17.6. The van der Waals surface area contributed by atoms with Crippen molar-refractivity contribution in [3.63, 3.8) is 0 Å². The number of anilines is 1. The summed E-state index contributed by atoms with van der Waals surface area (Å²) in [5, 5.41) is 5.60. The van der Waals surface area contributed by atoms with Gasteiger partial charge in [0.1, 0.15) is 0 Å². The first-order chi connectivity index (χ1) is 14.7. The van der Waals surface area contributed by atoms with Gasteiger partial charge in [0.15, 0.2) is 11.5 Å². The van der Waals surface area contributed by atoms with Gasteiger partial charge in [-0.3, -0.25) is 9.69 Å². The minimum atomic E-state index is -0.0261. The number of ether oxygens (including phenoxy) is 2. The van der Waals surface area contributed by atoms with Gasteiger partial charge in [-0.05, 0) is 47.9 Å². The van der Waals surface area contributed by atoms with Crippen LogP contribution in [0, 0.1) is 5.92 Å². The summed E-state index contributed by atoms with van der Waals surface area (Å²) in [5.74, 6) is 1.29. The molecular weight excluding hydrogens is 376 g/mol. The van der Waals surface area contributed by atoms with E-state index in [2.05, 4.69) is 52.7 Å². The number of carbonyl (C=O) groups is 1. The predicted molar refractivity (Wildman–Crippen MR) is 120 cm³/mol. The van der Waals surface area contributed by atoms with Crippen LogP contribution in [0.15, 0.2) is 60.7 Å². The van der Waals surface area contributed by atoms with Crippen molar-refractivity contribution in [2.75, 3.05) is 32.6 Å². The Hall–Kier alpha value is -3.05. The molecule has 1 aliphatic rings. The van der Waals surface area contributed by atoms with Crippen molar-refractivity contribution in [1.82, 2.24) is 4.90 Å². The van der Waals surface area contributed by atoms with E-state index in [-0.39, 0.29) is 11.8 Å². The molecule has 1 heterocycles. The van der Waals surface area contributed by atoms with Gasteiger partial charge in [-0.15, -0.1) is 0 Å². The lowest BCUT2D eigenvalue weighted by Gasteiger charge is -2.32. The average Bonchev–Trinajstić information content (AvgIpc) is 2.79. The molecule has 0 saturated carbocycles. The van der Waals surface area contributed by atoms with Crippen LogP contribution in [0.4, 0.5) is 5.69 Å². The van der Waals surface area contributed by atoms with Gasteiger partial charge < -0.3 is 14.8 Å². The Morgan fingerprint density at radius 1 is 1.03 bits per heavy atom. The first-order valence-electron chi connectivity index (χ1n) is 10.4. The lowest BCUT2D eigenvalue weighted by molar-refractivity contribution is -0.121. The van der Waals surface area contributed by atoms with Crippen LogP contribution in [0.2, 0.25) is 0 Å². The number of hydrogen-bond donors (Lipinski definition) is 1. The van der Waals surface area contributed by atoms with E-state index in [9.17, 15) is 4.79 Å². The second-order valence-electron chi connectivity index (χ2n) is 7.77. The first-order valence-corrected chi connectivity index (χ1v) is 10.4. The van der Waals surface area contributed by atoms with Gasteiger partial charge in [0.05, 0.1) is 20.1 Å². The second kappa shape index (κ2) is 9.18. The van der Waals surface area contributed by atoms with Gasteiger partial charge in [-0.2, -0.15) is 0 Å². The Labute approximate surface area is 177 Å². The highest BCUT2D eigenvalue weighted by atomic mass is 16.5. The summed E-state index contributed by atoms with van der Waals surface area (Å²) >= 11 is 0. The van der Waals surface area contributed by atoms with Crippen LogP contribution in [0.5, 0.6) is 11.5 Å². The van der Waals surface area contributed by atoms with Gasteiger partial charge in [0.25, 0.3) is 0 Å². The van der Waals surface area contributed by atoms with Crippen molar-refractivity contribution in [1.29, 1.82) is 0 Å². The summed E-state index contributed by atoms with van der Waals surface area (Å²) in [7, 11) is 3.19. The normalized spacial score (nSPS) is 16.9. The van der Waals surface area contributed by atoms with Crippen molar-refractivity contribution in [3.8, 4) is 11.5 Å². The maximum Gasteiger partial charge on any atom is 0.228 e. The summed E-state index contributed by atoms with van der Waals surface area (Å²) in [6.07, 6.45) is 1.93. The second-order valence-corrected chi connectivity index (χ2v) is 7.77. The van der Waals surface area contributed by atoms with Crippen molar-refractivity contribution >= 4 is 22.4 Å².